The first-order chi connectivity index (χ1) is 16.9. The van der Waals surface area contributed by atoms with Crippen LogP contribution in [0.4, 0.5) is 0 Å². The van der Waals surface area contributed by atoms with Gasteiger partial charge in [0.15, 0.2) is 23.9 Å². The number of aromatic amines is 1. The lowest BCUT2D eigenvalue weighted by molar-refractivity contribution is -0.332. The van der Waals surface area contributed by atoms with Gasteiger partial charge in [0.2, 0.25) is 0 Å². The van der Waals surface area contributed by atoms with Gasteiger partial charge in [-0.2, -0.15) is 0 Å². The number of rotatable bonds is 3. The molecule has 0 saturated carbocycles. The quantitative estimate of drug-likeness (QED) is 0.623. The SMILES string of the molecule is Cc1cn([C@@H]2OC3COC(C)(C)O[C@@H]3[C@@H]3OC(C)(C)OC3C2OC(=O)c2ccccc2)c(=O)[nH]c1=O. The molecular weight excluding hydrogens is 472 g/mol. The summed E-state index contributed by atoms with van der Waals surface area (Å²) in [6.45, 7) is 8.77. The molecule has 0 bridgehead atoms. The van der Waals surface area contributed by atoms with Crippen molar-refractivity contribution in [1.29, 1.82) is 0 Å². The number of H-pyrrole nitrogens is 1. The summed E-state index contributed by atoms with van der Waals surface area (Å²) >= 11 is 0. The Bertz CT molecular complexity index is 1250. The number of aryl methyl sites for hydroxylation is 1. The van der Waals surface area contributed by atoms with Gasteiger partial charge in [0.25, 0.3) is 5.56 Å². The van der Waals surface area contributed by atoms with E-state index in [0.717, 1.165) is 0 Å². The first-order valence-electron chi connectivity index (χ1n) is 11.9. The smallest absolute Gasteiger partial charge is 0.338 e. The number of fused-ring (bicyclic) bond motifs is 3. The number of nitrogens with one attached hydrogen (secondary N) is 1. The van der Waals surface area contributed by atoms with Crippen molar-refractivity contribution in [3.8, 4) is 0 Å². The van der Waals surface area contributed by atoms with Crippen LogP contribution in [-0.2, 0) is 28.4 Å². The molecule has 4 heterocycles. The lowest BCUT2D eigenvalue weighted by atomic mass is 9.99. The second-order valence-electron chi connectivity index (χ2n) is 10.1. The first kappa shape index (κ1) is 24.8. The summed E-state index contributed by atoms with van der Waals surface area (Å²) in [5.74, 6) is -2.58. The number of nitrogens with zero attached hydrogens (tertiary/aromatic N) is 1. The molecule has 0 spiro atoms. The Labute approximate surface area is 207 Å². The number of benzene rings is 1. The van der Waals surface area contributed by atoms with E-state index in [1.54, 1.807) is 65.0 Å². The maximum absolute atomic E-state index is 13.2. The summed E-state index contributed by atoms with van der Waals surface area (Å²) in [6.07, 6.45) is -3.83. The zero-order chi connectivity index (χ0) is 25.8. The van der Waals surface area contributed by atoms with Crippen molar-refractivity contribution in [2.75, 3.05) is 6.61 Å². The third kappa shape index (κ3) is 4.64. The van der Waals surface area contributed by atoms with Gasteiger partial charge in [0.05, 0.1) is 12.2 Å². The van der Waals surface area contributed by atoms with Crippen LogP contribution in [0.3, 0.4) is 0 Å². The van der Waals surface area contributed by atoms with Crippen molar-refractivity contribution >= 4 is 5.97 Å². The van der Waals surface area contributed by atoms with Gasteiger partial charge in [0, 0.05) is 11.8 Å². The van der Waals surface area contributed by atoms with Crippen LogP contribution in [-0.4, -0.2) is 64.2 Å². The molecule has 3 aliphatic rings. The molecule has 3 aliphatic heterocycles. The topological polar surface area (TPSA) is 127 Å². The van der Waals surface area contributed by atoms with Gasteiger partial charge < -0.3 is 28.4 Å². The summed E-state index contributed by atoms with van der Waals surface area (Å²) in [5.41, 5.74) is -0.642. The van der Waals surface area contributed by atoms with Crippen molar-refractivity contribution < 1.29 is 33.2 Å². The lowest BCUT2D eigenvalue weighted by Gasteiger charge is -2.42. The predicted octanol–water partition coefficient (Wildman–Crippen LogP) is 1.64. The van der Waals surface area contributed by atoms with Crippen LogP contribution in [0.1, 0.15) is 49.8 Å². The third-order valence-electron chi connectivity index (χ3n) is 6.46. The van der Waals surface area contributed by atoms with Crippen molar-refractivity contribution in [2.24, 2.45) is 0 Å². The highest BCUT2D eigenvalue weighted by Crippen LogP contribution is 2.44. The molecule has 11 heteroatoms. The van der Waals surface area contributed by atoms with Crippen LogP contribution >= 0.6 is 0 Å². The number of esters is 1. The zero-order valence-corrected chi connectivity index (χ0v) is 20.8. The molecule has 11 nitrogen and oxygen atoms in total. The predicted molar refractivity (Wildman–Crippen MR) is 124 cm³/mol. The van der Waals surface area contributed by atoms with E-state index in [2.05, 4.69) is 4.98 Å². The highest BCUT2D eigenvalue weighted by atomic mass is 16.8. The highest BCUT2D eigenvalue weighted by Gasteiger charge is 2.60. The number of hydrogen-bond acceptors (Lipinski definition) is 9. The van der Waals surface area contributed by atoms with Gasteiger partial charge >= 0.3 is 11.7 Å². The first-order valence-corrected chi connectivity index (χ1v) is 11.9. The molecule has 5 rings (SSSR count). The van der Waals surface area contributed by atoms with Gasteiger partial charge in [-0.25, -0.2) is 9.59 Å². The largest absolute Gasteiger partial charge is 0.451 e. The second kappa shape index (κ2) is 8.93. The van der Waals surface area contributed by atoms with Gasteiger partial charge in [-0.15, -0.1) is 0 Å². The molecule has 36 heavy (non-hydrogen) atoms. The van der Waals surface area contributed by atoms with E-state index in [0.29, 0.717) is 5.56 Å². The minimum absolute atomic E-state index is 0.137. The number of hydrogen-bond donors (Lipinski definition) is 1. The van der Waals surface area contributed by atoms with E-state index in [1.807, 2.05) is 0 Å². The molecule has 2 aromatic rings. The van der Waals surface area contributed by atoms with E-state index in [1.165, 1.54) is 10.8 Å². The Morgan fingerprint density at radius 2 is 1.67 bits per heavy atom. The Kier molecular flexibility index (Phi) is 6.16. The number of ether oxygens (including phenoxy) is 6. The average molecular weight is 503 g/mol. The van der Waals surface area contributed by atoms with Crippen LogP contribution in [0.2, 0.25) is 0 Å². The summed E-state index contributed by atoms with van der Waals surface area (Å²) in [4.78, 5) is 40.5. The summed E-state index contributed by atoms with van der Waals surface area (Å²) in [7, 11) is 0. The van der Waals surface area contributed by atoms with Crippen LogP contribution in [0.5, 0.6) is 0 Å². The zero-order valence-electron chi connectivity index (χ0n) is 20.8. The molecule has 194 valence electrons. The average Bonchev–Trinajstić information content (AvgIpc) is 3.09. The van der Waals surface area contributed by atoms with Crippen LogP contribution in [0.15, 0.2) is 46.1 Å². The Hall–Kier alpha value is -2.83. The van der Waals surface area contributed by atoms with Crippen molar-refractivity contribution in [1.82, 2.24) is 9.55 Å². The Balaban J connectivity index is 1.63. The number of carbonyl (C=O) groups excluding carboxylic acids is 1. The van der Waals surface area contributed by atoms with E-state index in [4.69, 9.17) is 28.4 Å². The normalized spacial score (nSPS) is 32.7. The fraction of sp³-hybridized carbons (Fsp3) is 0.560. The van der Waals surface area contributed by atoms with E-state index in [9.17, 15) is 14.4 Å². The molecule has 0 aliphatic carbocycles. The molecule has 3 unspecified atom stereocenters. The molecule has 1 aromatic carbocycles. The second-order valence-corrected chi connectivity index (χ2v) is 10.1. The molecular formula is C25H30N2O9. The fourth-order valence-electron chi connectivity index (χ4n) is 4.84. The Morgan fingerprint density at radius 3 is 2.39 bits per heavy atom. The molecule has 3 saturated heterocycles. The van der Waals surface area contributed by atoms with E-state index in [-0.39, 0.29) is 12.2 Å². The summed E-state index contributed by atoms with van der Waals surface area (Å²) in [6, 6.07) is 8.47. The van der Waals surface area contributed by atoms with E-state index >= 15 is 0 Å². The molecule has 1 N–H and O–H groups in total. The van der Waals surface area contributed by atoms with Crippen molar-refractivity contribution in [3.05, 3.63) is 68.5 Å². The summed E-state index contributed by atoms with van der Waals surface area (Å²) in [5, 5.41) is 0. The molecule has 0 amide bonds. The third-order valence-corrected chi connectivity index (χ3v) is 6.46. The highest BCUT2D eigenvalue weighted by molar-refractivity contribution is 5.89. The van der Waals surface area contributed by atoms with Crippen LogP contribution in [0.25, 0.3) is 0 Å². The standard InChI is InChI=1S/C25H30N2O9/c1-13-11-27(23(30)26-20(13)28)21-19(33-22(29)14-9-7-6-8-10-14)18-17(35-25(4,5)36-18)16-15(32-21)12-31-24(2,3)34-16/h6-11,15-19,21H,12H2,1-5H3,(H,26,28,30)/t15?,16-,17-,18?,19?,21+/m0/s1. The molecule has 3 fully saturated rings. The molecule has 1 aromatic heterocycles. The fourth-order valence-corrected chi connectivity index (χ4v) is 4.84. The van der Waals surface area contributed by atoms with Gasteiger partial charge in [0.1, 0.15) is 24.4 Å². The summed E-state index contributed by atoms with van der Waals surface area (Å²) < 4.78 is 38.1. The minimum atomic E-state index is -1.17. The van der Waals surface area contributed by atoms with E-state index < -0.39 is 65.5 Å². The molecule has 6 atom stereocenters. The monoisotopic (exact) mass is 502 g/mol. The van der Waals surface area contributed by atoms with Crippen molar-refractivity contribution in [2.45, 2.75) is 82.9 Å². The van der Waals surface area contributed by atoms with Gasteiger partial charge in [-0.3, -0.25) is 14.3 Å². The molecule has 0 radical (unpaired) electrons. The number of carbonyl (C=O) groups is 1. The Morgan fingerprint density at radius 1 is 1.00 bits per heavy atom. The number of aromatic nitrogens is 2. The van der Waals surface area contributed by atoms with Gasteiger partial charge in [-0.05, 0) is 46.8 Å². The van der Waals surface area contributed by atoms with Crippen LogP contribution < -0.4 is 11.2 Å². The maximum atomic E-state index is 13.2. The van der Waals surface area contributed by atoms with Crippen molar-refractivity contribution in [3.63, 3.8) is 0 Å². The minimum Gasteiger partial charge on any atom is -0.451 e. The van der Waals surface area contributed by atoms with Crippen LogP contribution in [0, 0.1) is 6.92 Å². The lowest BCUT2D eigenvalue weighted by Crippen LogP contribution is -2.55. The maximum Gasteiger partial charge on any atom is 0.338 e. The van der Waals surface area contributed by atoms with Gasteiger partial charge in [-0.1, -0.05) is 18.2 Å².